The second-order valence-corrected chi connectivity index (χ2v) is 6.23. The smallest absolute Gasteiger partial charge is 0.202 e. The Kier molecular flexibility index (Phi) is 5.22. The van der Waals surface area contributed by atoms with Crippen molar-refractivity contribution in [2.45, 2.75) is 6.54 Å². The highest BCUT2D eigenvalue weighted by Crippen LogP contribution is 2.19. The zero-order valence-corrected chi connectivity index (χ0v) is 14.6. The van der Waals surface area contributed by atoms with E-state index in [1.807, 2.05) is 18.2 Å². The van der Waals surface area contributed by atoms with Gasteiger partial charge in [0.15, 0.2) is 11.5 Å². The van der Waals surface area contributed by atoms with E-state index in [2.05, 4.69) is 47.6 Å². The van der Waals surface area contributed by atoms with Gasteiger partial charge < -0.3 is 20.4 Å². The number of hydrogen-bond acceptors (Lipinski definition) is 7. The van der Waals surface area contributed by atoms with Crippen molar-refractivity contribution in [3.8, 4) is 0 Å². The van der Waals surface area contributed by atoms with Gasteiger partial charge in [0, 0.05) is 32.7 Å². The Hall–Kier alpha value is -2.71. The zero-order valence-electron chi connectivity index (χ0n) is 14.6. The predicted molar refractivity (Wildman–Crippen MR) is 101 cm³/mol. The average molecular weight is 353 g/mol. The Morgan fingerprint density at radius 2 is 1.92 bits per heavy atom. The Balaban J connectivity index is 1.38. The summed E-state index contributed by atoms with van der Waals surface area (Å²) >= 11 is 0. The molecule has 2 aromatic heterocycles. The summed E-state index contributed by atoms with van der Waals surface area (Å²) in [5, 5.41) is 6.69. The number of ether oxygens (including phenoxy) is 1. The first kappa shape index (κ1) is 16.7. The molecular weight excluding hydrogens is 330 g/mol. The van der Waals surface area contributed by atoms with Crippen LogP contribution in [0.25, 0.3) is 11.2 Å². The molecule has 1 aliphatic rings. The molecule has 3 N–H and O–H groups in total. The second-order valence-electron chi connectivity index (χ2n) is 6.23. The minimum absolute atomic E-state index is 0.657. The van der Waals surface area contributed by atoms with Crippen LogP contribution in [-0.2, 0) is 11.3 Å². The number of aromatic nitrogens is 4. The first-order valence-electron chi connectivity index (χ1n) is 8.91. The number of hydrogen-bond donors (Lipinski definition) is 3. The average Bonchev–Trinajstić information content (AvgIpc) is 3.11. The molecule has 0 amide bonds. The Morgan fingerprint density at radius 3 is 2.77 bits per heavy atom. The molecule has 26 heavy (non-hydrogen) atoms. The third-order valence-corrected chi connectivity index (χ3v) is 4.42. The number of morpholine rings is 1. The molecule has 8 nitrogen and oxygen atoms in total. The molecule has 3 heterocycles. The number of aromatic amines is 1. The summed E-state index contributed by atoms with van der Waals surface area (Å²) in [5.41, 5.74) is 2.67. The second kappa shape index (κ2) is 8.11. The summed E-state index contributed by atoms with van der Waals surface area (Å²) in [4.78, 5) is 18.8. The Morgan fingerprint density at radius 1 is 1.08 bits per heavy atom. The van der Waals surface area contributed by atoms with Crippen molar-refractivity contribution in [1.29, 1.82) is 0 Å². The van der Waals surface area contributed by atoms with Crippen molar-refractivity contribution >= 4 is 22.9 Å². The summed E-state index contributed by atoms with van der Waals surface area (Å²) in [6, 6.07) is 10.2. The highest BCUT2D eigenvalue weighted by Gasteiger charge is 2.11. The van der Waals surface area contributed by atoms with Gasteiger partial charge >= 0.3 is 0 Å². The minimum Gasteiger partial charge on any atom is -0.379 e. The molecule has 4 rings (SSSR count). The fourth-order valence-corrected chi connectivity index (χ4v) is 2.99. The highest BCUT2D eigenvalue weighted by molar-refractivity contribution is 5.84. The third kappa shape index (κ3) is 4.09. The fourth-order valence-electron chi connectivity index (χ4n) is 2.99. The van der Waals surface area contributed by atoms with E-state index in [-0.39, 0.29) is 0 Å². The monoisotopic (exact) mass is 353 g/mol. The molecule has 0 radical (unpaired) electrons. The number of imidazole rings is 1. The number of nitrogens with zero attached hydrogens (tertiary/aromatic N) is 4. The lowest BCUT2D eigenvalue weighted by Gasteiger charge is -2.26. The molecule has 0 bridgehead atoms. The van der Waals surface area contributed by atoms with Gasteiger partial charge in [-0.05, 0) is 5.56 Å². The molecule has 1 saturated heterocycles. The van der Waals surface area contributed by atoms with Crippen LogP contribution in [0.15, 0.2) is 36.7 Å². The largest absolute Gasteiger partial charge is 0.379 e. The molecule has 1 fully saturated rings. The lowest BCUT2D eigenvalue weighted by Crippen LogP contribution is -2.39. The van der Waals surface area contributed by atoms with E-state index >= 15 is 0 Å². The number of anilines is 2. The standard InChI is InChI=1S/C18H23N7O/c1-2-4-14(5-3-1)12-20-16-15-17(22-13-21-16)24-18(23-15)19-6-7-25-8-10-26-11-9-25/h1-5,13H,6-12H2,(H3,19,20,21,22,23,24). The van der Waals surface area contributed by atoms with E-state index < -0.39 is 0 Å². The number of fused-ring (bicyclic) bond motifs is 1. The molecule has 0 spiro atoms. The van der Waals surface area contributed by atoms with E-state index in [1.165, 1.54) is 11.9 Å². The van der Waals surface area contributed by atoms with Crippen molar-refractivity contribution in [3.05, 3.63) is 42.2 Å². The van der Waals surface area contributed by atoms with Crippen LogP contribution in [0.4, 0.5) is 11.8 Å². The van der Waals surface area contributed by atoms with Crippen LogP contribution < -0.4 is 10.6 Å². The van der Waals surface area contributed by atoms with Gasteiger partial charge in [0.25, 0.3) is 0 Å². The van der Waals surface area contributed by atoms with Gasteiger partial charge in [-0.2, -0.15) is 4.98 Å². The van der Waals surface area contributed by atoms with E-state index in [0.717, 1.165) is 56.7 Å². The molecule has 136 valence electrons. The molecule has 8 heteroatoms. The molecule has 1 aliphatic heterocycles. The van der Waals surface area contributed by atoms with Gasteiger partial charge in [-0.25, -0.2) is 9.97 Å². The first-order valence-corrected chi connectivity index (χ1v) is 8.91. The van der Waals surface area contributed by atoms with Crippen molar-refractivity contribution in [2.24, 2.45) is 0 Å². The minimum atomic E-state index is 0.657. The van der Waals surface area contributed by atoms with E-state index in [1.54, 1.807) is 0 Å². The summed E-state index contributed by atoms with van der Waals surface area (Å²) in [6.07, 6.45) is 1.54. The van der Waals surface area contributed by atoms with Crippen LogP contribution in [0.2, 0.25) is 0 Å². The quantitative estimate of drug-likeness (QED) is 0.596. The van der Waals surface area contributed by atoms with Gasteiger partial charge in [-0.3, -0.25) is 4.90 Å². The van der Waals surface area contributed by atoms with Crippen LogP contribution in [0.3, 0.4) is 0 Å². The SMILES string of the molecule is c1ccc(CNc2ncnc3nc(NCCN4CCOCC4)[nH]c23)cc1. The van der Waals surface area contributed by atoms with Gasteiger partial charge in [0.2, 0.25) is 5.95 Å². The van der Waals surface area contributed by atoms with Crippen molar-refractivity contribution in [2.75, 3.05) is 50.0 Å². The number of benzene rings is 1. The summed E-state index contributed by atoms with van der Waals surface area (Å²) in [7, 11) is 0. The molecule has 0 aliphatic carbocycles. The normalized spacial score (nSPS) is 15.2. The molecule has 1 aromatic carbocycles. The van der Waals surface area contributed by atoms with Crippen LogP contribution >= 0.6 is 0 Å². The fraction of sp³-hybridized carbons (Fsp3) is 0.389. The maximum absolute atomic E-state index is 5.37. The van der Waals surface area contributed by atoms with Crippen molar-refractivity contribution in [3.63, 3.8) is 0 Å². The summed E-state index contributed by atoms with van der Waals surface area (Å²) in [5.74, 6) is 1.48. The molecule has 0 unspecified atom stereocenters. The maximum atomic E-state index is 5.37. The van der Waals surface area contributed by atoms with Crippen LogP contribution in [0.5, 0.6) is 0 Å². The van der Waals surface area contributed by atoms with E-state index in [9.17, 15) is 0 Å². The third-order valence-electron chi connectivity index (χ3n) is 4.42. The van der Waals surface area contributed by atoms with Crippen LogP contribution in [0.1, 0.15) is 5.56 Å². The van der Waals surface area contributed by atoms with E-state index in [0.29, 0.717) is 12.2 Å². The van der Waals surface area contributed by atoms with Crippen molar-refractivity contribution < 1.29 is 4.74 Å². The van der Waals surface area contributed by atoms with Crippen LogP contribution in [-0.4, -0.2) is 64.2 Å². The Labute approximate surface area is 152 Å². The molecular formula is C18H23N7O. The lowest BCUT2D eigenvalue weighted by atomic mass is 10.2. The van der Waals surface area contributed by atoms with Gasteiger partial charge in [-0.15, -0.1) is 0 Å². The molecule has 3 aromatic rings. The predicted octanol–water partition coefficient (Wildman–Crippen LogP) is 1.71. The van der Waals surface area contributed by atoms with Gasteiger partial charge in [-0.1, -0.05) is 30.3 Å². The zero-order chi connectivity index (χ0) is 17.6. The van der Waals surface area contributed by atoms with E-state index in [4.69, 9.17) is 4.74 Å². The summed E-state index contributed by atoms with van der Waals surface area (Å²) in [6.45, 7) is 6.09. The topological polar surface area (TPSA) is 91.0 Å². The lowest BCUT2D eigenvalue weighted by molar-refractivity contribution is 0.0398. The molecule has 0 atom stereocenters. The number of nitrogens with one attached hydrogen (secondary N) is 3. The van der Waals surface area contributed by atoms with Crippen molar-refractivity contribution in [1.82, 2.24) is 24.8 Å². The highest BCUT2D eigenvalue weighted by atomic mass is 16.5. The Bertz CT molecular complexity index is 830. The maximum Gasteiger partial charge on any atom is 0.202 e. The van der Waals surface area contributed by atoms with Gasteiger partial charge in [0.05, 0.1) is 13.2 Å². The van der Waals surface area contributed by atoms with Crippen LogP contribution in [0, 0.1) is 0 Å². The first-order chi connectivity index (χ1) is 12.9. The van der Waals surface area contributed by atoms with Gasteiger partial charge in [0.1, 0.15) is 11.8 Å². The summed E-state index contributed by atoms with van der Waals surface area (Å²) < 4.78 is 5.37. The molecule has 0 saturated carbocycles. The number of rotatable bonds is 7. The number of H-pyrrole nitrogens is 1.